The first-order valence-electron chi connectivity index (χ1n) is 9.33. The molecule has 4 nitrogen and oxygen atoms in total. The fourth-order valence-corrected chi connectivity index (χ4v) is 5.88. The molecule has 1 amide bonds. The van der Waals surface area contributed by atoms with Crippen molar-refractivity contribution in [3.8, 4) is 10.4 Å². The highest BCUT2D eigenvalue weighted by molar-refractivity contribution is 7.20. The summed E-state index contributed by atoms with van der Waals surface area (Å²) in [4.78, 5) is 26.6. The number of nitrogens with one attached hydrogen (secondary N) is 1. The normalized spacial score (nSPS) is 19.0. The summed E-state index contributed by atoms with van der Waals surface area (Å²) in [5.74, 6) is -0.458. The predicted octanol–water partition coefficient (Wildman–Crippen LogP) is 4.92. The Balaban J connectivity index is 1.75. The molecule has 0 atom stereocenters. The maximum Gasteiger partial charge on any atom is 0.341 e. The molecule has 1 aromatic heterocycles. The third-order valence-electron chi connectivity index (χ3n) is 6.82. The molecular formula is C22H25NO3S. The highest BCUT2D eigenvalue weighted by atomic mass is 32.1. The molecular weight excluding hydrogens is 358 g/mol. The third-order valence-corrected chi connectivity index (χ3v) is 8.00. The Hall–Kier alpha value is -2.14. The van der Waals surface area contributed by atoms with Gasteiger partial charge in [-0.1, -0.05) is 52.0 Å². The van der Waals surface area contributed by atoms with Crippen LogP contribution in [0.15, 0.2) is 24.3 Å². The molecule has 1 heterocycles. The van der Waals surface area contributed by atoms with Crippen molar-refractivity contribution in [2.75, 3.05) is 12.4 Å². The number of ether oxygens (including phenoxy) is 1. The molecule has 2 aliphatic rings. The van der Waals surface area contributed by atoms with Crippen molar-refractivity contribution in [1.82, 2.24) is 0 Å². The van der Waals surface area contributed by atoms with E-state index in [1.165, 1.54) is 24.0 Å². The second kappa shape index (κ2) is 5.93. The van der Waals surface area contributed by atoms with E-state index >= 15 is 0 Å². The zero-order valence-corrected chi connectivity index (χ0v) is 17.3. The number of benzene rings is 1. The fourth-order valence-electron chi connectivity index (χ4n) is 4.58. The zero-order chi connectivity index (χ0) is 19.6. The Morgan fingerprint density at radius 3 is 2.41 bits per heavy atom. The number of rotatable bonds is 3. The molecule has 0 saturated heterocycles. The van der Waals surface area contributed by atoms with Gasteiger partial charge in [-0.2, -0.15) is 0 Å². The zero-order valence-electron chi connectivity index (χ0n) is 16.4. The quantitative estimate of drug-likeness (QED) is 0.765. The van der Waals surface area contributed by atoms with Crippen molar-refractivity contribution in [3.05, 3.63) is 41.0 Å². The summed E-state index contributed by atoms with van der Waals surface area (Å²) in [7, 11) is 1.39. The van der Waals surface area contributed by atoms with Gasteiger partial charge in [0.05, 0.1) is 12.7 Å². The first kappa shape index (κ1) is 18.2. The van der Waals surface area contributed by atoms with Crippen molar-refractivity contribution in [2.45, 2.75) is 40.5 Å². The van der Waals surface area contributed by atoms with Gasteiger partial charge in [0.15, 0.2) is 0 Å². The highest BCUT2D eigenvalue weighted by Crippen LogP contribution is 2.68. The van der Waals surface area contributed by atoms with E-state index in [0.29, 0.717) is 10.6 Å². The summed E-state index contributed by atoms with van der Waals surface area (Å²) in [6.07, 6.45) is 1.67. The molecule has 4 rings (SSSR count). The van der Waals surface area contributed by atoms with Crippen LogP contribution in [0.4, 0.5) is 5.00 Å². The van der Waals surface area contributed by atoms with E-state index in [0.717, 1.165) is 28.8 Å². The lowest BCUT2D eigenvalue weighted by Crippen LogP contribution is -2.19. The van der Waals surface area contributed by atoms with Crippen LogP contribution in [0.5, 0.6) is 0 Å². The van der Waals surface area contributed by atoms with Crippen LogP contribution in [0.2, 0.25) is 0 Å². The van der Waals surface area contributed by atoms with Crippen molar-refractivity contribution in [2.24, 2.45) is 16.7 Å². The van der Waals surface area contributed by atoms with Gasteiger partial charge in [-0.25, -0.2) is 4.79 Å². The minimum atomic E-state index is -0.378. The van der Waals surface area contributed by atoms with Gasteiger partial charge in [0.25, 0.3) is 0 Å². The number of esters is 1. The molecule has 0 radical (unpaired) electrons. The molecule has 1 N–H and O–H groups in total. The number of hydrogen-bond donors (Lipinski definition) is 1. The van der Waals surface area contributed by atoms with Crippen LogP contribution < -0.4 is 5.32 Å². The largest absolute Gasteiger partial charge is 0.465 e. The smallest absolute Gasteiger partial charge is 0.341 e. The molecule has 0 aliphatic heterocycles. The Morgan fingerprint density at radius 1 is 1.11 bits per heavy atom. The van der Waals surface area contributed by atoms with Gasteiger partial charge in [-0.05, 0) is 40.4 Å². The number of thiophene rings is 1. The average molecular weight is 384 g/mol. The fraction of sp³-hybridized carbons (Fsp3) is 0.455. The van der Waals surface area contributed by atoms with Crippen molar-refractivity contribution in [3.63, 3.8) is 0 Å². The maximum atomic E-state index is 13.0. The summed E-state index contributed by atoms with van der Waals surface area (Å²) in [6.45, 7) is 8.48. The van der Waals surface area contributed by atoms with Crippen molar-refractivity contribution >= 4 is 28.2 Å². The maximum absolute atomic E-state index is 13.0. The number of methoxy groups -OCH3 is 1. The minimum absolute atomic E-state index is 0.0120. The van der Waals surface area contributed by atoms with Crippen LogP contribution >= 0.6 is 11.3 Å². The van der Waals surface area contributed by atoms with Crippen LogP contribution in [-0.4, -0.2) is 19.0 Å². The number of carbonyl (C=O) groups excluding carboxylic acids is 2. The first-order valence-corrected chi connectivity index (χ1v) is 10.1. The van der Waals surface area contributed by atoms with Gasteiger partial charge < -0.3 is 10.1 Å². The number of amides is 1. The molecule has 142 valence electrons. The van der Waals surface area contributed by atoms with E-state index in [1.54, 1.807) is 0 Å². The van der Waals surface area contributed by atoms with E-state index < -0.39 is 0 Å². The SMILES string of the molecule is COC(=O)c1c(NC(=O)C2C(C)(C)C2(C)C)sc2c1CCc1ccccc1-2. The lowest BCUT2D eigenvalue weighted by molar-refractivity contribution is -0.118. The van der Waals surface area contributed by atoms with Gasteiger partial charge in [-0.3, -0.25) is 4.79 Å². The average Bonchev–Trinajstić information content (AvgIpc) is 2.90. The third kappa shape index (κ3) is 2.55. The van der Waals surface area contributed by atoms with E-state index in [1.807, 2.05) is 12.1 Å². The second-order valence-electron chi connectivity index (χ2n) is 8.63. The molecule has 0 spiro atoms. The van der Waals surface area contributed by atoms with E-state index in [-0.39, 0.29) is 28.6 Å². The molecule has 1 fully saturated rings. The second-order valence-corrected chi connectivity index (χ2v) is 9.65. The first-order chi connectivity index (χ1) is 12.7. The molecule has 0 unspecified atom stereocenters. The summed E-state index contributed by atoms with van der Waals surface area (Å²) in [5, 5.41) is 3.68. The number of fused-ring (bicyclic) bond motifs is 3. The van der Waals surface area contributed by atoms with Crippen LogP contribution in [0.25, 0.3) is 10.4 Å². The molecule has 27 heavy (non-hydrogen) atoms. The molecule has 2 aliphatic carbocycles. The predicted molar refractivity (Wildman–Crippen MR) is 108 cm³/mol. The van der Waals surface area contributed by atoms with Crippen LogP contribution in [0.1, 0.15) is 49.2 Å². The van der Waals surface area contributed by atoms with Crippen LogP contribution in [-0.2, 0) is 22.4 Å². The Morgan fingerprint density at radius 2 is 1.78 bits per heavy atom. The van der Waals surface area contributed by atoms with Gasteiger partial charge in [0.2, 0.25) is 5.91 Å². The number of carbonyl (C=O) groups is 2. The summed E-state index contributed by atoms with van der Waals surface area (Å²) in [5.41, 5.74) is 3.86. The number of aryl methyl sites for hydroxylation is 1. The van der Waals surface area contributed by atoms with Crippen LogP contribution in [0, 0.1) is 16.7 Å². The topological polar surface area (TPSA) is 55.4 Å². The summed E-state index contributed by atoms with van der Waals surface area (Å²) >= 11 is 1.49. The molecule has 2 aromatic rings. The monoisotopic (exact) mass is 383 g/mol. The number of anilines is 1. The highest BCUT2D eigenvalue weighted by Gasteiger charge is 2.68. The Labute approximate surface area is 163 Å². The van der Waals surface area contributed by atoms with Crippen molar-refractivity contribution < 1.29 is 14.3 Å². The van der Waals surface area contributed by atoms with Crippen LogP contribution in [0.3, 0.4) is 0 Å². The lowest BCUT2D eigenvalue weighted by Gasteiger charge is -2.16. The van der Waals surface area contributed by atoms with E-state index in [2.05, 4.69) is 45.1 Å². The molecule has 1 aromatic carbocycles. The molecule has 5 heteroatoms. The summed E-state index contributed by atoms with van der Waals surface area (Å²) in [6, 6.07) is 8.27. The van der Waals surface area contributed by atoms with Gasteiger partial charge >= 0.3 is 5.97 Å². The molecule has 1 saturated carbocycles. The Bertz CT molecular complexity index is 940. The van der Waals surface area contributed by atoms with Gasteiger partial charge in [-0.15, -0.1) is 11.3 Å². The minimum Gasteiger partial charge on any atom is -0.465 e. The summed E-state index contributed by atoms with van der Waals surface area (Å²) < 4.78 is 5.05. The molecule has 0 bridgehead atoms. The number of hydrogen-bond acceptors (Lipinski definition) is 4. The van der Waals surface area contributed by atoms with E-state index in [9.17, 15) is 9.59 Å². The van der Waals surface area contributed by atoms with Gasteiger partial charge in [0.1, 0.15) is 5.00 Å². The lowest BCUT2D eigenvalue weighted by atomic mass is 9.89. The Kier molecular flexibility index (Phi) is 4.00. The van der Waals surface area contributed by atoms with Crippen molar-refractivity contribution in [1.29, 1.82) is 0 Å². The van der Waals surface area contributed by atoms with E-state index in [4.69, 9.17) is 4.74 Å². The van der Waals surface area contributed by atoms with Gasteiger partial charge in [0, 0.05) is 10.8 Å². The standard InChI is InChI=1S/C22H25NO3S/c1-21(2)17(22(21,3)4)18(24)23-19-15(20(25)26-5)14-11-10-12-8-6-7-9-13(12)16(14)27-19/h6-9,17H,10-11H2,1-5H3,(H,23,24).